The minimum Gasteiger partial charge on any atom is -0.166 e. The first-order valence-corrected chi connectivity index (χ1v) is 7.67. The zero-order chi connectivity index (χ0) is 14.8. The van der Waals surface area contributed by atoms with E-state index in [1.807, 2.05) is 18.2 Å². The maximum absolute atomic E-state index is 12.4. The summed E-state index contributed by atoms with van der Waals surface area (Å²) in [5.74, 6) is 5.87. The van der Waals surface area contributed by atoms with Crippen molar-refractivity contribution in [1.82, 2.24) is 0 Å². The van der Waals surface area contributed by atoms with Gasteiger partial charge in [0.05, 0.1) is 5.56 Å². The first-order valence-electron chi connectivity index (χ1n) is 5.51. The lowest BCUT2D eigenvalue weighted by molar-refractivity contribution is -0.137. The highest BCUT2D eigenvalue weighted by Crippen LogP contribution is 2.29. The highest BCUT2D eigenvalue weighted by Gasteiger charge is 2.29. The van der Waals surface area contributed by atoms with Crippen LogP contribution in [0.1, 0.15) is 16.7 Å². The van der Waals surface area contributed by atoms with Gasteiger partial charge in [0.2, 0.25) is 0 Å². The van der Waals surface area contributed by atoms with Crippen molar-refractivity contribution in [3.05, 3.63) is 66.3 Å². The van der Waals surface area contributed by atoms with E-state index in [9.17, 15) is 13.2 Å². The van der Waals surface area contributed by atoms with Crippen molar-refractivity contribution < 1.29 is 13.2 Å². The molecule has 0 saturated heterocycles. The lowest BCUT2D eigenvalue weighted by Gasteiger charge is -2.05. The molecule has 0 fully saturated rings. The normalized spacial score (nSPS) is 10.8. The molecule has 20 heavy (non-hydrogen) atoms. The van der Waals surface area contributed by atoms with Gasteiger partial charge in [-0.2, -0.15) is 13.2 Å². The highest BCUT2D eigenvalue weighted by molar-refractivity contribution is 14.1. The summed E-state index contributed by atoms with van der Waals surface area (Å²) in [7, 11) is 0. The van der Waals surface area contributed by atoms with Gasteiger partial charge in [-0.15, -0.1) is 0 Å². The van der Waals surface area contributed by atoms with Crippen molar-refractivity contribution in [2.24, 2.45) is 0 Å². The molecular weight excluding hydrogens is 491 g/mol. The van der Waals surface area contributed by atoms with Crippen LogP contribution in [-0.4, -0.2) is 0 Å². The van der Waals surface area contributed by atoms with E-state index in [2.05, 4.69) is 57.0 Å². The first kappa shape index (κ1) is 15.6. The molecule has 0 aliphatic rings. The summed E-state index contributed by atoms with van der Waals surface area (Å²) in [5.41, 5.74) is 0.775. The maximum atomic E-state index is 12.4. The number of hydrogen-bond donors (Lipinski definition) is 0. The van der Waals surface area contributed by atoms with Gasteiger partial charge in [-0.3, -0.25) is 0 Å². The van der Waals surface area contributed by atoms with Crippen LogP contribution in [0.5, 0.6) is 0 Å². The Morgan fingerprint density at radius 1 is 0.850 bits per heavy atom. The van der Waals surface area contributed by atoms with Crippen LogP contribution in [-0.2, 0) is 6.18 Å². The second kappa shape index (κ2) is 6.35. The summed E-state index contributed by atoms with van der Waals surface area (Å²) in [6.07, 6.45) is -4.31. The van der Waals surface area contributed by atoms with E-state index < -0.39 is 11.7 Å². The highest BCUT2D eigenvalue weighted by atomic mass is 127. The third kappa shape index (κ3) is 3.88. The van der Waals surface area contributed by atoms with E-state index in [0.29, 0.717) is 5.56 Å². The van der Waals surface area contributed by atoms with Gasteiger partial charge in [0, 0.05) is 18.3 Å². The van der Waals surface area contributed by atoms with Crippen molar-refractivity contribution in [2.75, 3.05) is 0 Å². The Balaban J connectivity index is 2.28. The Bertz CT molecular complexity index is 677. The second-order valence-electron chi connectivity index (χ2n) is 3.93. The lowest BCUT2D eigenvalue weighted by Crippen LogP contribution is -2.04. The monoisotopic (exact) mass is 498 g/mol. The molecule has 0 N–H and O–H groups in total. The Morgan fingerprint density at radius 2 is 1.50 bits per heavy atom. The van der Waals surface area contributed by atoms with Crippen molar-refractivity contribution in [1.29, 1.82) is 0 Å². The average Bonchev–Trinajstić information content (AvgIpc) is 2.40. The van der Waals surface area contributed by atoms with Gasteiger partial charge in [0.15, 0.2) is 0 Å². The average molecular weight is 498 g/mol. The molecule has 2 aromatic rings. The van der Waals surface area contributed by atoms with E-state index in [0.717, 1.165) is 24.8 Å². The second-order valence-corrected chi connectivity index (χ2v) is 6.17. The van der Waals surface area contributed by atoms with Crippen LogP contribution in [0.4, 0.5) is 13.2 Å². The fourth-order valence-electron chi connectivity index (χ4n) is 1.48. The number of alkyl halides is 3. The molecule has 0 amide bonds. The molecule has 0 unspecified atom stereocenters. The smallest absolute Gasteiger partial charge is 0.166 e. The molecule has 2 aromatic carbocycles. The van der Waals surface area contributed by atoms with Gasteiger partial charge in [0.1, 0.15) is 0 Å². The van der Waals surface area contributed by atoms with Crippen LogP contribution >= 0.6 is 45.2 Å². The molecule has 0 saturated carbocycles. The Hall–Kier alpha value is -0.750. The van der Waals surface area contributed by atoms with Gasteiger partial charge in [-0.25, -0.2) is 0 Å². The van der Waals surface area contributed by atoms with Crippen LogP contribution in [0.3, 0.4) is 0 Å². The molecular formula is C15H7F3I2. The van der Waals surface area contributed by atoms with Gasteiger partial charge >= 0.3 is 6.18 Å². The van der Waals surface area contributed by atoms with Crippen LogP contribution in [0.25, 0.3) is 0 Å². The van der Waals surface area contributed by atoms with Gasteiger partial charge in [-0.05, 0) is 81.6 Å². The molecule has 5 heteroatoms. The predicted octanol–water partition coefficient (Wildman–Crippen LogP) is 5.31. The standard InChI is InChI=1S/C15H7F3I2/c16-15(17,18)12-8-5-10(6-9-12)4-7-11-2-1-3-13(19)14(11)20/h1-3,5-6,8-9H. The molecule has 0 spiro atoms. The SMILES string of the molecule is FC(F)(F)c1ccc(C#Cc2cccc(I)c2I)cc1. The molecule has 0 aliphatic heterocycles. The number of halogens is 5. The third-order valence-electron chi connectivity index (χ3n) is 2.51. The zero-order valence-corrected chi connectivity index (χ0v) is 14.2. The molecule has 2 rings (SSSR count). The molecule has 0 aromatic heterocycles. The summed E-state index contributed by atoms with van der Waals surface area (Å²) >= 11 is 4.42. The lowest BCUT2D eigenvalue weighted by atomic mass is 10.1. The predicted molar refractivity (Wildman–Crippen MR) is 89.3 cm³/mol. The Labute approximate surface area is 142 Å². The van der Waals surface area contributed by atoms with E-state index >= 15 is 0 Å². The molecule has 0 radical (unpaired) electrons. The fourth-order valence-corrected chi connectivity index (χ4v) is 2.47. The minimum atomic E-state index is -4.31. The summed E-state index contributed by atoms with van der Waals surface area (Å²) in [4.78, 5) is 0. The van der Waals surface area contributed by atoms with Crippen molar-refractivity contribution >= 4 is 45.2 Å². The maximum Gasteiger partial charge on any atom is 0.416 e. The number of hydrogen-bond acceptors (Lipinski definition) is 0. The number of benzene rings is 2. The van der Waals surface area contributed by atoms with Crippen LogP contribution < -0.4 is 0 Å². The molecule has 0 heterocycles. The Morgan fingerprint density at radius 3 is 2.10 bits per heavy atom. The van der Waals surface area contributed by atoms with Crippen molar-refractivity contribution in [3.8, 4) is 11.8 Å². The summed E-state index contributed by atoms with van der Waals surface area (Å²) in [6.45, 7) is 0. The van der Waals surface area contributed by atoms with E-state index in [1.165, 1.54) is 12.1 Å². The van der Waals surface area contributed by atoms with E-state index in [4.69, 9.17) is 0 Å². The van der Waals surface area contributed by atoms with Gasteiger partial charge in [0.25, 0.3) is 0 Å². The van der Waals surface area contributed by atoms with Crippen molar-refractivity contribution in [3.63, 3.8) is 0 Å². The van der Waals surface area contributed by atoms with Crippen LogP contribution in [0.2, 0.25) is 0 Å². The molecule has 0 bridgehead atoms. The Kier molecular flexibility index (Phi) is 4.96. The number of rotatable bonds is 0. The molecule has 0 nitrogen and oxygen atoms in total. The summed E-state index contributed by atoms with van der Waals surface area (Å²) in [5, 5.41) is 0. The van der Waals surface area contributed by atoms with Crippen LogP contribution in [0.15, 0.2) is 42.5 Å². The molecule has 0 atom stereocenters. The van der Waals surface area contributed by atoms with Gasteiger partial charge < -0.3 is 0 Å². The molecule has 102 valence electrons. The third-order valence-corrected chi connectivity index (χ3v) is 5.60. The minimum absolute atomic E-state index is 0.563. The van der Waals surface area contributed by atoms with Crippen molar-refractivity contribution in [2.45, 2.75) is 6.18 Å². The zero-order valence-electron chi connectivity index (χ0n) is 9.93. The van der Waals surface area contributed by atoms with Gasteiger partial charge in [-0.1, -0.05) is 17.9 Å². The van der Waals surface area contributed by atoms with E-state index in [-0.39, 0.29) is 0 Å². The summed E-state index contributed by atoms with van der Waals surface area (Å²) in [6, 6.07) is 10.6. The fraction of sp³-hybridized carbons (Fsp3) is 0.0667. The largest absolute Gasteiger partial charge is 0.416 e. The quantitative estimate of drug-likeness (QED) is 0.341. The summed E-state index contributed by atoms with van der Waals surface area (Å²) < 4.78 is 39.4. The first-order chi connectivity index (χ1) is 9.38. The molecule has 0 aliphatic carbocycles. The van der Waals surface area contributed by atoms with Crippen LogP contribution in [0, 0.1) is 19.0 Å². The van der Waals surface area contributed by atoms with E-state index in [1.54, 1.807) is 0 Å². The topological polar surface area (TPSA) is 0 Å².